The summed E-state index contributed by atoms with van der Waals surface area (Å²) in [6, 6.07) is 0. The van der Waals surface area contributed by atoms with Crippen molar-refractivity contribution in [2.24, 2.45) is 5.73 Å². The van der Waals surface area contributed by atoms with Crippen molar-refractivity contribution in [3.8, 4) is 0 Å². The van der Waals surface area contributed by atoms with Crippen LogP contribution < -0.4 is 5.73 Å². The molecule has 0 bridgehead atoms. The van der Waals surface area contributed by atoms with Gasteiger partial charge in [-0.3, -0.25) is 0 Å². The van der Waals surface area contributed by atoms with E-state index in [9.17, 15) is 0 Å². The summed E-state index contributed by atoms with van der Waals surface area (Å²) in [4.78, 5) is 8.91. The van der Waals surface area contributed by atoms with Gasteiger partial charge in [-0.1, -0.05) is 19.3 Å². The second kappa shape index (κ2) is 5.21. The average molecular weight is 205 g/mol. The number of aromatic nitrogens is 2. The van der Waals surface area contributed by atoms with Crippen molar-refractivity contribution in [3.05, 3.63) is 23.8 Å². The molecule has 1 aliphatic carbocycles. The molecule has 1 aromatic rings. The van der Waals surface area contributed by atoms with E-state index >= 15 is 0 Å². The van der Waals surface area contributed by atoms with Crippen molar-refractivity contribution >= 4 is 0 Å². The van der Waals surface area contributed by atoms with Gasteiger partial charge in [-0.15, -0.1) is 0 Å². The van der Waals surface area contributed by atoms with E-state index in [0.29, 0.717) is 12.5 Å². The van der Waals surface area contributed by atoms with Gasteiger partial charge in [-0.25, -0.2) is 9.97 Å². The maximum absolute atomic E-state index is 5.49. The van der Waals surface area contributed by atoms with E-state index in [-0.39, 0.29) is 0 Å². The Labute approximate surface area is 91.1 Å². The van der Waals surface area contributed by atoms with Gasteiger partial charge in [0.05, 0.1) is 0 Å². The first-order chi connectivity index (χ1) is 7.40. The van der Waals surface area contributed by atoms with Gasteiger partial charge < -0.3 is 5.73 Å². The maximum Gasteiger partial charge on any atom is 0.131 e. The predicted octanol–water partition coefficient (Wildman–Crippen LogP) is 2.03. The Hall–Kier alpha value is -0.960. The van der Waals surface area contributed by atoms with Crippen LogP contribution in [0.15, 0.2) is 12.4 Å². The summed E-state index contributed by atoms with van der Waals surface area (Å²) < 4.78 is 0. The fourth-order valence-corrected chi connectivity index (χ4v) is 2.23. The number of nitrogens with zero attached hydrogens (tertiary/aromatic N) is 2. The molecule has 3 nitrogen and oxygen atoms in total. The van der Waals surface area contributed by atoms with Crippen LogP contribution in [-0.4, -0.2) is 16.5 Å². The summed E-state index contributed by atoms with van der Waals surface area (Å²) in [5.41, 5.74) is 6.64. The van der Waals surface area contributed by atoms with Crippen LogP contribution in [0, 0.1) is 0 Å². The van der Waals surface area contributed by atoms with Crippen LogP contribution in [0.25, 0.3) is 0 Å². The van der Waals surface area contributed by atoms with Crippen molar-refractivity contribution in [1.82, 2.24) is 9.97 Å². The van der Waals surface area contributed by atoms with E-state index in [2.05, 4.69) is 9.97 Å². The normalized spacial score (nSPS) is 17.9. The fraction of sp³-hybridized carbons (Fsp3) is 0.667. The van der Waals surface area contributed by atoms with Crippen molar-refractivity contribution in [2.75, 3.05) is 6.54 Å². The number of hydrogen-bond acceptors (Lipinski definition) is 3. The standard InChI is InChI=1S/C12H19N3/c13-7-6-10-8-14-12(15-9-10)11-4-2-1-3-5-11/h8-9,11H,1-7,13H2. The Morgan fingerprint density at radius 1 is 1.13 bits per heavy atom. The molecular weight excluding hydrogens is 186 g/mol. The number of hydrogen-bond donors (Lipinski definition) is 1. The molecule has 0 aromatic carbocycles. The van der Waals surface area contributed by atoms with E-state index in [1.165, 1.54) is 32.1 Å². The van der Waals surface area contributed by atoms with Crippen LogP contribution in [0.3, 0.4) is 0 Å². The molecule has 1 aromatic heterocycles. The highest BCUT2D eigenvalue weighted by Gasteiger charge is 2.17. The van der Waals surface area contributed by atoms with Crippen molar-refractivity contribution in [2.45, 2.75) is 44.4 Å². The smallest absolute Gasteiger partial charge is 0.131 e. The van der Waals surface area contributed by atoms with Crippen molar-refractivity contribution in [3.63, 3.8) is 0 Å². The highest BCUT2D eigenvalue weighted by Crippen LogP contribution is 2.30. The lowest BCUT2D eigenvalue weighted by molar-refractivity contribution is 0.428. The molecule has 0 unspecified atom stereocenters. The largest absolute Gasteiger partial charge is 0.330 e. The summed E-state index contributed by atoms with van der Waals surface area (Å²) in [7, 11) is 0. The molecule has 2 rings (SSSR count). The van der Waals surface area contributed by atoms with E-state index in [1.807, 2.05) is 12.4 Å². The maximum atomic E-state index is 5.49. The van der Waals surface area contributed by atoms with Crippen LogP contribution in [0.4, 0.5) is 0 Å². The minimum Gasteiger partial charge on any atom is -0.330 e. The van der Waals surface area contributed by atoms with Crippen molar-refractivity contribution < 1.29 is 0 Å². The second-order valence-corrected chi connectivity index (χ2v) is 4.32. The zero-order valence-corrected chi connectivity index (χ0v) is 9.15. The van der Waals surface area contributed by atoms with Crippen LogP contribution in [0.5, 0.6) is 0 Å². The third-order valence-electron chi connectivity index (χ3n) is 3.13. The van der Waals surface area contributed by atoms with Gasteiger partial charge in [0.15, 0.2) is 0 Å². The first-order valence-electron chi connectivity index (χ1n) is 5.91. The molecule has 1 heterocycles. The molecule has 0 amide bonds. The summed E-state index contributed by atoms with van der Waals surface area (Å²) in [5, 5.41) is 0. The lowest BCUT2D eigenvalue weighted by Crippen LogP contribution is -2.10. The van der Waals surface area contributed by atoms with Crippen LogP contribution in [0.1, 0.15) is 49.4 Å². The Balaban J connectivity index is 2.02. The third-order valence-corrected chi connectivity index (χ3v) is 3.13. The fourth-order valence-electron chi connectivity index (χ4n) is 2.23. The third kappa shape index (κ3) is 2.75. The summed E-state index contributed by atoms with van der Waals surface area (Å²) in [5.74, 6) is 1.64. The van der Waals surface area contributed by atoms with Crippen LogP contribution >= 0.6 is 0 Å². The molecule has 2 N–H and O–H groups in total. The Morgan fingerprint density at radius 2 is 1.80 bits per heavy atom. The van der Waals surface area contributed by atoms with E-state index in [0.717, 1.165) is 17.8 Å². The molecule has 0 aliphatic heterocycles. The molecule has 0 radical (unpaired) electrons. The highest BCUT2D eigenvalue weighted by molar-refractivity contribution is 5.08. The molecule has 0 spiro atoms. The molecule has 3 heteroatoms. The lowest BCUT2D eigenvalue weighted by Gasteiger charge is -2.19. The van der Waals surface area contributed by atoms with E-state index in [4.69, 9.17) is 5.73 Å². The molecule has 82 valence electrons. The van der Waals surface area contributed by atoms with E-state index in [1.54, 1.807) is 0 Å². The second-order valence-electron chi connectivity index (χ2n) is 4.32. The summed E-state index contributed by atoms with van der Waals surface area (Å²) >= 11 is 0. The minimum atomic E-state index is 0.602. The molecule has 1 saturated carbocycles. The Kier molecular flexibility index (Phi) is 3.67. The lowest BCUT2D eigenvalue weighted by atomic mass is 9.89. The molecule has 15 heavy (non-hydrogen) atoms. The van der Waals surface area contributed by atoms with Crippen LogP contribution in [-0.2, 0) is 6.42 Å². The minimum absolute atomic E-state index is 0.602. The van der Waals surface area contributed by atoms with Gasteiger partial charge in [0, 0.05) is 18.3 Å². The average Bonchev–Trinajstić information content (AvgIpc) is 2.32. The molecule has 1 aliphatic rings. The molecule has 0 atom stereocenters. The van der Waals surface area contributed by atoms with Gasteiger partial charge >= 0.3 is 0 Å². The van der Waals surface area contributed by atoms with Gasteiger partial charge in [0.1, 0.15) is 5.82 Å². The monoisotopic (exact) mass is 205 g/mol. The van der Waals surface area contributed by atoms with Gasteiger partial charge in [-0.05, 0) is 31.4 Å². The highest BCUT2D eigenvalue weighted by atomic mass is 14.9. The quantitative estimate of drug-likeness (QED) is 0.821. The Morgan fingerprint density at radius 3 is 2.40 bits per heavy atom. The zero-order chi connectivity index (χ0) is 10.5. The zero-order valence-electron chi connectivity index (χ0n) is 9.15. The van der Waals surface area contributed by atoms with E-state index < -0.39 is 0 Å². The molecular formula is C12H19N3. The van der Waals surface area contributed by atoms with Crippen LogP contribution in [0.2, 0.25) is 0 Å². The first kappa shape index (κ1) is 10.6. The molecule has 1 fully saturated rings. The predicted molar refractivity (Wildman–Crippen MR) is 60.6 cm³/mol. The Bertz CT molecular complexity index is 288. The number of nitrogens with two attached hydrogens (primary N) is 1. The summed E-state index contributed by atoms with van der Waals surface area (Å²) in [6.45, 7) is 0.673. The van der Waals surface area contributed by atoms with Gasteiger partial charge in [0.2, 0.25) is 0 Å². The number of rotatable bonds is 3. The summed E-state index contributed by atoms with van der Waals surface area (Å²) in [6.07, 6.45) is 11.3. The van der Waals surface area contributed by atoms with Gasteiger partial charge in [0.25, 0.3) is 0 Å². The first-order valence-corrected chi connectivity index (χ1v) is 5.91. The van der Waals surface area contributed by atoms with Gasteiger partial charge in [-0.2, -0.15) is 0 Å². The topological polar surface area (TPSA) is 51.8 Å². The van der Waals surface area contributed by atoms with Crippen molar-refractivity contribution in [1.29, 1.82) is 0 Å². The SMILES string of the molecule is NCCc1cnc(C2CCCCC2)nc1. The molecule has 0 saturated heterocycles.